The summed E-state index contributed by atoms with van der Waals surface area (Å²) in [7, 11) is 1.67. The smallest absolute Gasteiger partial charge is 0.256 e. The number of fused-ring (bicyclic) bond motifs is 2. The minimum Gasteiger partial charge on any atom is -0.454 e. The van der Waals surface area contributed by atoms with E-state index in [0.29, 0.717) is 33.3 Å². The first kappa shape index (κ1) is 15.8. The van der Waals surface area contributed by atoms with Crippen LogP contribution in [0.2, 0.25) is 5.02 Å². The average molecular weight is 359 g/mol. The predicted molar refractivity (Wildman–Crippen MR) is 92.2 cm³/mol. The fourth-order valence-corrected chi connectivity index (χ4v) is 3.22. The Balaban J connectivity index is 1.69. The molecule has 0 bridgehead atoms. The minimum absolute atomic E-state index is 0.0191. The molecule has 0 N–H and O–H groups in total. The van der Waals surface area contributed by atoms with E-state index >= 15 is 0 Å². The van der Waals surface area contributed by atoms with Crippen LogP contribution in [0.4, 0.5) is 5.69 Å². The van der Waals surface area contributed by atoms with Gasteiger partial charge < -0.3 is 19.3 Å². The van der Waals surface area contributed by atoms with Crippen molar-refractivity contribution in [1.82, 2.24) is 4.90 Å². The molecular formula is C18H15ClN2O4. The fraction of sp³-hybridized carbons (Fsp3) is 0.222. The maximum atomic E-state index is 12.9. The molecule has 0 saturated carbocycles. The molecule has 2 heterocycles. The van der Waals surface area contributed by atoms with E-state index in [4.69, 9.17) is 21.1 Å². The summed E-state index contributed by atoms with van der Waals surface area (Å²) in [6, 6.07) is 10.5. The molecule has 2 amide bonds. The van der Waals surface area contributed by atoms with Gasteiger partial charge in [0.2, 0.25) is 12.7 Å². The van der Waals surface area contributed by atoms with Crippen LogP contribution in [0.15, 0.2) is 36.4 Å². The number of carbonyl (C=O) groups excluding carboxylic acids is 2. The first-order valence-electron chi connectivity index (χ1n) is 7.77. The lowest BCUT2D eigenvalue weighted by atomic mass is 10.1. The van der Waals surface area contributed by atoms with Crippen molar-refractivity contribution in [2.45, 2.75) is 6.54 Å². The number of halogens is 1. The summed E-state index contributed by atoms with van der Waals surface area (Å²) in [6.07, 6.45) is 0. The van der Waals surface area contributed by atoms with Gasteiger partial charge in [0.1, 0.15) is 6.54 Å². The molecule has 7 heteroatoms. The van der Waals surface area contributed by atoms with Crippen LogP contribution in [0, 0.1) is 0 Å². The summed E-state index contributed by atoms with van der Waals surface area (Å²) < 4.78 is 10.7. The van der Waals surface area contributed by atoms with Crippen molar-refractivity contribution in [3.8, 4) is 11.5 Å². The molecule has 0 unspecified atom stereocenters. The summed E-state index contributed by atoms with van der Waals surface area (Å²) in [4.78, 5) is 28.4. The molecule has 2 aliphatic rings. The third-order valence-corrected chi connectivity index (χ3v) is 4.74. The van der Waals surface area contributed by atoms with Gasteiger partial charge in [-0.2, -0.15) is 0 Å². The summed E-state index contributed by atoms with van der Waals surface area (Å²) >= 11 is 6.31. The van der Waals surface area contributed by atoms with Gasteiger partial charge in [0.15, 0.2) is 11.5 Å². The minimum atomic E-state index is -0.206. The molecule has 0 aliphatic carbocycles. The van der Waals surface area contributed by atoms with Gasteiger partial charge in [0.25, 0.3) is 5.91 Å². The molecular weight excluding hydrogens is 344 g/mol. The molecule has 128 valence electrons. The van der Waals surface area contributed by atoms with E-state index in [0.717, 1.165) is 0 Å². The number of likely N-dealkylation sites (N-methyl/N-ethyl adjacent to an activating group) is 1. The summed E-state index contributed by atoms with van der Waals surface area (Å²) in [5.41, 5.74) is 1.80. The summed E-state index contributed by atoms with van der Waals surface area (Å²) in [5.74, 6) is 0.805. The van der Waals surface area contributed by atoms with Gasteiger partial charge in [-0.3, -0.25) is 9.59 Å². The van der Waals surface area contributed by atoms with E-state index in [1.807, 2.05) is 0 Å². The normalized spacial score (nSPS) is 16.1. The summed E-state index contributed by atoms with van der Waals surface area (Å²) in [5, 5.41) is 0.468. The van der Waals surface area contributed by atoms with Crippen LogP contribution in [0.5, 0.6) is 11.5 Å². The Morgan fingerprint density at radius 1 is 1.12 bits per heavy atom. The van der Waals surface area contributed by atoms with Gasteiger partial charge in [-0.05, 0) is 23.8 Å². The Morgan fingerprint density at radius 3 is 2.64 bits per heavy atom. The number of para-hydroxylation sites is 1. The number of nitrogens with zero attached hydrogens (tertiary/aromatic N) is 2. The second kappa shape index (κ2) is 5.97. The maximum Gasteiger partial charge on any atom is 0.256 e. The number of ether oxygens (including phenoxy) is 2. The number of amides is 2. The van der Waals surface area contributed by atoms with Crippen molar-refractivity contribution < 1.29 is 19.1 Å². The SMILES string of the molecule is CN1C(=O)CN(Cc2cc3c(cc2Cl)OCO3)C(=O)c2ccccc21. The van der Waals surface area contributed by atoms with Crippen LogP contribution in [-0.2, 0) is 11.3 Å². The maximum absolute atomic E-state index is 12.9. The number of carbonyl (C=O) groups is 2. The third-order valence-electron chi connectivity index (χ3n) is 4.39. The molecule has 0 saturated heterocycles. The van der Waals surface area contributed by atoms with Crippen molar-refractivity contribution in [2.75, 3.05) is 25.3 Å². The molecule has 6 nitrogen and oxygen atoms in total. The monoisotopic (exact) mass is 358 g/mol. The quantitative estimate of drug-likeness (QED) is 0.828. The molecule has 0 radical (unpaired) electrons. The first-order valence-corrected chi connectivity index (χ1v) is 8.15. The molecule has 25 heavy (non-hydrogen) atoms. The zero-order chi connectivity index (χ0) is 17.6. The van der Waals surface area contributed by atoms with Gasteiger partial charge in [-0.25, -0.2) is 0 Å². The second-order valence-electron chi connectivity index (χ2n) is 5.93. The van der Waals surface area contributed by atoms with Crippen LogP contribution >= 0.6 is 11.6 Å². The number of anilines is 1. The van der Waals surface area contributed by atoms with Crippen molar-refractivity contribution in [1.29, 1.82) is 0 Å². The number of hydrogen-bond donors (Lipinski definition) is 0. The van der Waals surface area contributed by atoms with E-state index in [-0.39, 0.29) is 31.7 Å². The highest BCUT2D eigenvalue weighted by Gasteiger charge is 2.30. The van der Waals surface area contributed by atoms with Gasteiger partial charge in [0.05, 0.1) is 11.3 Å². The first-order chi connectivity index (χ1) is 12.0. The molecule has 4 rings (SSSR count). The summed E-state index contributed by atoms with van der Waals surface area (Å²) in [6.45, 7) is 0.339. The van der Waals surface area contributed by atoms with Crippen molar-refractivity contribution in [3.05, 3.63) is 52.5 Å². The lowest BCUT2D eigenvalue weighted by molar-refractivity contribution is -0.118. The van der Waals surface area contributed by atoms with Crippen LogP contribution in [0.1, 0.15) is 15.9 Å². The third kappa shape index (κ3) is 2.68. The lowest BCUT2D eigenvalue weighted by Crippen LogP contribution is -2.37. The van der Waals surface area contributed by atoms with E-state index < -0.39 is 0 Å². The molecule has 0 atom stereocenters. The number of rotatable bonds is 2. The zero-order valence-corrected chi connectivity index (χ0v) is 14.2. The predicted octanol–water partition coefficient (Wildman–Crippen LogP) is 2.69. The fourth-order valence-electron chi connectivity index (χ4n) is 3.01. The molecule has 2 aromatic rings. The highest BCUT2D eigenvalue weighted by atomic mass is 35.5. The Hall–Kier alpha value is -2.73. The molecule has 2 aromatic carbocycles. The number of hydrogen-bond acceptors (Lipinski definition) is 4. The average Bonchev–Trinajstić information content (AvgIpc) is 3.03. The van der Waals surface area contributed by atoms with Crippen LogP contribution in [0.3, 0.4) is 0 Å². The Bertz CT molecular complexity index is 883. The Labute approximate surface area is 149 Å². The van der Waals surface area contributed by atoms with Crippen LogP contribution in [0.25, 0.3) is 0 Å². The molecule has 0 aromatic heterocycles. The van der Waals surface area contributed by atoms with Crippen LogP contribution < -0.4 is 14.4 Å². The van der Waals surface area contributed by atoms with Gasteiger partial charge >= 0.3 is 0 Å². The molecule has 2 aliphatic heterocycles. The Morgan fingerprint density at radius 2 is 1.84 bits per heavy atom. The topological polar surface area (TPSA) is 59.1 Å². The van der Waals surface area contributed by atoms with Gasteiger partial charge in [-0.1, -0.05) is 23.7 Å². The second-order valence-corrected chi connectivity index (χ2v) is 6.34. The molecule has 0 fully saturated rings. The van der Waals surface area contributed by atoms with Crippen molar-refractivity contribution >= 4 is 29.1 Å². The highest BCUT2D eigenvalue weighted by molar-refractivity contribution is 6.31. The van der Waals surface area contributed by atoms with E-state index in [2.05, 4.69) is 0 Å². The molecule has 0 spiro atoms. The van der Waals surface area contributed by atoms with Crippen LogP contribution in [-0.4, -0.2) is 37.1 Å². The Kier molecular flexibility index (Phi) is 3.77. The lowest BCUT2D eigenvalue weighted by Gasteiger charge is -2.21. The largest absolute Gasteiger partial charge is 0.454 e. The van der Waals surface area contributed by atoms with E-state index in [1.54, 1.807) is 43.4 Å². The van der Waals surface area contributed by atoms with Crippen molar-refractivity contribution in [2.24, 2.45) is 0 Å². The zero-order valence-electron chi connectivity index (χ0n) is 13.5. The van der Waals surface area contributed by atoms with Crippen molar-refractivity contribution in [3.63, 3.8) is 0 Å². The standard InChI is InChI=1S/C18H15ClN2O4/c1-20-14-5-3-2-4-12(14)18(23)21(9-17(20)22)8-11-6-15-16(7-13(11)19)25-10-24-15/h2-7H,8-10H2,1H3. The highest BCUT2D eigenvalue weighted by Crippen LogP contribution is 2.37. The van der Waals surface area contributed by atoms with E-state index in [9.17, 15) is 9.59 Å². The van der Waals surface area contributed by atoms with Gasteiger partial charge in [-0.15, -0.1) is 0 Å². The number of benzene rings is 2. The van der Waals surface area contributed by atoms with Gasteiger partial charge in [0, 0.05) is 24.7 Å². The van der Waals surface area contributed by atoms with E-state index in [1.165, 1.54) is 9.80 Å².